The van der Waals surface area contributed by atoms with Crippen LogP contribution in [0.4, 0.5) is 11.5 Å². The van der Waals surface area contributed by atoms with Crippen molar-refractivity contribution >= 4 is 11.5 Å². The van der Waals surface area contributed by atoms with E-state index in [9.17, 15) is 0 Å². The minimum absolute atomic E-state index is 0.617. The van der Waals surface area contributed by atoms with Crippen molar-refractivity contribution in [1.29, 1.82) is 0 Å². The highest BCUT2D eigenvalue weighted by Gasteiger charge is 2.11. The lowest BCUT2D eigenvalue weighted by Crippen LogP contribution is -2.35. The van der Waals surface area contributed by atoms with Crippen LogP contribution in [0.3, 0.4) is 0 Å². The van der Waals surface area contributed by atoms with Crippen LogP contribution in [0.1, 0.15) is 19.5 Å². The molecule has 4 heteroatoms. The van der Waals surface area contributed by atoms with E-state index in [0.717, 1.165) is 36.8 Å². The van der Waals surface area contributed by atoms with Gasteiger partial charge in [0, 0.05) is 19.6 Å². The van der Waals surface area contributed by atoms with Gasteiger partial charge in [-0.1, -0.05) is 13.8 Å². The number of nitrogens with zero attached hydrogens (tertiary/aromatic N) is 3. The summed E-state index contributed by atoms with van der Waals surface area (Å²) in [7, 11) is 4.18. The van der Waals surface area contributed by atoms with Gasteiger partial charge >= 0.3 is 0 Å². The number of anilines is 2. The van der Waals surface area contributed by atoms with Crippen LogP contribution in [0.15, 0.2) is 12.1 Å². The third-order valence-electron chi connectivity index (χ3n) is 2.84. The van der Waals surface area contributed by atoms with Gasteiger partial charge in [0.15, 0.2) is 0 Å². The van der Waals surface area contributed by atoms with Gasteiger partial charge in [-0.3, -0.25) is 0 Å². The number of nitrogens with two attached hydrogens (primary N) is 1. The molecule has 0 radical (unpaired) electrons. The fourth-order valence-corrected chi connectivity index (χ4v) is 1.80. The third-order valence-corrected chi connectivity index (χ3v) is 2.84. The smallest absolute Gasteiger partial charge is 0.129 e. The van der Waals surface area contributed by atoms with Crippen molar-refractivity contribution in [2.24, 2.45) is 5.92 Å². The molecule has 1 rings (SSSR count). The predicted molar refractivity (Wildman–Crippen MR) is 79.0 cm³/mol. The first kappa shape index (κ1) is 14.8. The summed E-state index contributed by atoms with van der Waals surface area (Å²) in [4.78, 5) is 9.11. The molecule has 2 N–H and O–H groups in total. The summed E-state index contributed by atoms with van der Waals surface area (Å²) < 4.78 is 0. The standard InChI is InChI=1S/C14H26N4/c1-11(2)10-18(9-8-17(4)5)14-7-6-13(15)12(3)16-14/h6-7,11H,8-10,15H2,1-5H3. The highest BCUT2D eigenvalue weighted by molar-refractivity contribution is 5.50. The van der Waals surface area contributed by atoms with Crippen molar-refractivity contribution in [2.45, 2.75) is 20.8 Å². The number of aromatic nitrogens is 1. The van der Waals surface area contributed by atoms with E-state index in [4.69, 9.17) is 5.73 Å². The molecule has 0 saturated heterocycles. The topological polar surface area (TPSA) is 45.4 Å². The van der Waals surface area contributed by atoms with Crippen LogP contribution in [0.5, 0.6) is 0 Å². The average molecular weight is 250 g/mol. The summed E-state index contributed by atoms with van der Waals surface area (Å²) in [5.41, 5.74) is 7.49. The summed E-state index contributed by atoms with van der Waals surface area (Å²) in [6.45, 7) is 9.45. The zero-order valence-corrected chi connectivity index (χ0v) is 12.3. The molecule has 0 aliphatic rings. The van der Waals surface area contributed by atoms with Gasteiger partial charge in [-0.05, 0) is 39.1 Å². The first-order chi connectivity index (χ1) is 8.40. The summed E-state index contributed by atoms with van der Waals surface area (Å²) >= 11 is 0. The molecule has 1 aromatic rings. The van der Waals surface area contributed by atoms with Crippen LogP contribution in [-0.4, -0.2) is 43.6 Å². The lowest BCUT2D eigenvalue weighted by Gasteiger charge is -2.27. The lowest BCUT2D eigenvalue weighted by molar-refractivity contribution is 0.408. The van der Waals surface area contributed by atoms with Gasteiger partial charge in [-0.25, -0.2) is 4.98 Å². The van der Waals surface area contributed by atoms with Gasteiger partial charge in [0.1, 0.15) is 5.82 Å². The maximum Gasteiger partial charge on any atom is 0.129 e. The van der Waals surface area contributed by atoms with Gasteiger partial charge in [0.25, 0.3) is 0 Å². The third kappa shape index (κ3) is 4.53. The van der Waals surface area contributed by atoms with Crippen LogP contribution in [0, 0.1) is 12.8 Å². The minimum atomic E-state index is 0.617. The molecule has 0 fully saturated rings. The van der Waals surface area contributed by atoms with Crippen LogP contribution in [-0.2, 0) is 0 Å². The molecule has 0 bridgehead atoms. The van der Waals surface area contributed by atoms with E-state index >= 15 is 0 Å². The zero-order chi connectivity index (χ0) is 13.7. The molecule has 18 heavy (non-hydrogen) atoms. The molecule has 0 aliphatic heterocycles. The molecule has 1 heterocycles. The molecule has 0 atom stereocenters. The summed E-state index contributed by atoms with van der Waals surface area (Å²) in [6, 6.07) is 3.96. The molecule has 0 aliphatic carbocycles. The molecule has 0 spiro atoms. The fourth-order valence-electron chi connectivity index (χ4n) is 1.80. The number of hydrogen-bond donors (Lipinski definition) is 1. The zero-order valence-electron chi connectivity index (χ0n) is 12.3. The number of likely N-dealkylation sites (N-methyl/N-ethyl adjacent to an activating group) is 1. The fraction of sp³-hybridized carbons (Fsp3) is 0.643. The Kier molecular flexibility index (Phi) is 5.41. The Bertz CT molecular complexity index is 374. The number of rotatable bonds is 6. The van der Waals surface area contributed by atoms with Crippen molar-refractivity contribution in [1.82, 2.24) is 9.88 Å². The van der Waals surface area contributed by atoms with Gasteiger partial charge in [0.2, 0.25) is 0 Å². The molecule has 0 saturated carbocycles. The quantitative estimate of drug-likeness (QED) is 0.839. The van der Waals surface area contributed by atoms with Gasteiger partial charge in [0.05, 0.1) is 11.4 Å². The van der Waals surface area contributed by atoms with E-state index in [1.165, 1.54) is 0 Å². The monoisotopic (exact) mass is 250 g/mol. The molecule has 0 aromatic carbocycles. The van der Waals surface area contributed by atoms with E-state index in [0.29, 0.717) is 5.92 Å². The molecule has 0 unspecified atom stereocenters. The first-order valence-electron chi connectivity index (χ1n) is 6.53. The van der Waals surface area contributed by atoms with Crippen LogP contribution >= 0.6 is 0 Å². The van der Waals surface area contributed by atoms with Crippen molar-refractivity contribution < 1.29 is 0 Å². The Hall–Kier alpha value is -1.29. The molecular formula is C14H26N4. The maximum absolute atomic E-state index is 5.82. The molecular weight excluding hydrogens is 224 g/mol. The predicted octanol–water partition coefficient (Wildman–Crippen LogP) is 2.00. The average Bonchev–Trinajstić information content (AvgIpc) is 2.27. The van der Waals surface area contributed by atoms with Crippen molar-refractivity contribution in [3.8, 4) is 0 Å². The van der Waals surface area contributed by atoms with Gasteiger partial charge < -0.3 is 15.5 Å². The van der Waals surface area contributed by atoms with Crippen LogP contribution in [0.2, 0.25) is 0 Å². The number of hydrogen-bond acceptors (Lipinski definition) is 4. The Balaban J connectivity index is 2.83. The SMILES string of the molecule is Cc1nc(N(CCN(C)C)CC(C)C)ccc1N. The minimum Gasteiger partial charge on any atom is -0.397 e. The number of aryl methyl sites for hydroxylation is 1. The van der Waals surface area contributed by atoms with E-state index in [1.54, 1.807) is 0 Å². The Morgan fingerprint density at radius 2 is 1.89 bits per heavy atom. The van der Waals surface area contributed by atoms with E-state index in [1.807, 2.05) is 19.1 Å². The largest absolute Gasteiger partial charge is 0.397 e. The first-order valence-corrected chi connectivity index (χ1v) is 6.53. The van der Waals surface area contributed by atoms with Crippen molar-refractivity contribution in [2.75, 3.05) is 44.4 Å². The van der Waals surface area contributed by atoms with Crippen molar-refractivity contribution in [3.05, 3.63) is 17.8 Å². The Labute approximate surface area is 111 Å². The molecule has 4 nitrogen and oxygen atoms in total. The normalized spacial score (nSPS) is 11.3. The Morgan fingerprint density at radius 3 is 2.39 bits per heavy atom. The second-order valence-corrected chi connectivity index (χ2v) is 5.49. The maximum atomic E-state index is 5.82. The highest BCUT2D eigenvalue weighted by Crippen LogP contribution is 2.17. The van der Waals surface area contributed by atoms with Crippen LogP contribution in [0.25, 0.3) is 0 Å². The molecule has 102 valence electrons. The Morgan fingerprint density at radius 1 is 1.22 bits per heavy atom. The highest BCUT2D eigenvalue weighted by atomic mass is 15.2. The number of nitrogen functional groups attached to an aromatic ring is 1. The lowest BCUT2D eigenvalue weighted by atomic mass is 10.2. The summed E-state index contributed by atoms with van der Waals surface area (Å²) in [6.07, 6.45) is 0. The second-order valence-electron chi connectivity index (χ2n) is 5.49. The summed E-state index contributed by atoms with van der Waals surface area (Å²) in [5, 5.41) is 0. The molecule has 0 amide bonds. The van der Waals surface area contributed by atoms with Gasteiger partial charge in [-0.15, -0.1) is 0 Å². The van der Waals surface area contributed by atoms with E-state index in [-0.39, 0.29) is 0 Å². The van der Waals surface area contributed by atoms with Crippen molar-refractivity contribution in [3.63, 3.8) is 0 Å². The van der Waals surface area contributed by atoms with E-state index in [2.05, 4.69) is 42.7 Å². The van der Waals surface area contributed by atoms with Crippen LogP contribution < -0.4 is 10.6 Å². The van der Waals surface area contributed by atoms with Gasteiger partial charge in [-0.2, -0.15) is 0 Å². The second kappa shape index (κ2) is 6.59. The molecule has 1 aromatic heterocycles. The van der Waals surface area contributed by atoms with E-state index < -0.39 is 0 Å². The summed E-state index contributed by atoms with van der Waals surface area (Å²) in [5.74, 6) is 1.64. The number of pyridine rings is 1.